The normalized spacial score (nSPS) is 10.7. The largest absolute Gasteiger partial charge is 0.324 e. The van der Waals surface area contributed by atoms with Crippen molar-refractivity contribution >= 4 is 34.2 Å². The van der Waals surface area contributed by atoms with E-state index in [1.807, 2.05) is 39.0 Å². The minimum Gasteiger partial charge on any atom is -0.324 e. The maximum absolute atomic E-state index is 12.1. The molecule has 0 saturated carbocycles. The van der Waals surface area contributed by atoms with E-state index >= 15 is 0 Å². The Morgan fingerprint density at radius 1 is 1.25 bits per heavy atom. The highest BCUT2D eigenvalue weighted by Gasteiger charge is 2.12. The van der Waals surface area contributed by atoms with Crippen LogP contribution in [-0.4, -0.2) is 15.7 Å². The molecule has 0 spiro atoms. The third-order valence-corrected chi connectivity index (χ3v) is 4.94. The number of hydrogen-bond acceptors (Lipinski definition) is 2. The summed E-state index contributed by atoms with van der Waals surface area (Å²) in [6.07, 6.45) is 0. The topological polar surface area (TPSA) is 46.9 Å². The van der Waals surface area contributed by atoms with Crippen LogP contribution in [0.3, 0.4) is 0 Å². The monoisotopic (exact) mass is 383 g/mol. The smallest absolute Gasteiger partial charge is 0.246 e. The molecule has 4 nitrogen and oxygen atoms in total. The van der Waals surface area contributed by atoms with Gasteiger partial charge in [-0.25, -0.2) is 0 Å². The second kappa shape index (κ2) is 5.95. The Morgan fingerprint density at radius 2 is 1.95 bits per heavy atom. The summed E-state index contributed by atoms with van der Waals surface area (Å²) in [7, 11) is 0. The van der Waals surface area contributed by atoms with Crippen molar-refractivity contribution in [1.29, 1.82) is 0 Å². The first-order chi connectivity index (χ1) is 9.38. The molecule has 0 unspecified atom stereocenters. The molecule has 20 heavy (non-hydrogen) atoms. The molecule has 2 rings (SSSR count). The Bertz CT molecular complexity index is 661. The lowest BCUT2D eigenvalue weighted by Crippen LogP contribution is -2.20. The first-order valence-corrected chi connectivity index (χ1v) is 7.53. The molecule has 0 saturated heterocycles. The Labute approximate surface area is 132 Å². The SMILES string of the molecule is Cc1ccc(NC(=O)Cn2nc(C)c(I)c2C)cc1C. The van der Waals surface area contributed by atoms with Gasteiger partial charge in [0.2, 0.25) is 5.91 Å². The molecule has 0 bridgehead atoms. The van der Waals surface area contributed by atoms with E-state index in [-0.39, 0.29) is 12.5 Å². The number of rotatable bonds is 3. The molecule has 106 valence electrons. The minimum atomic E-state index is -0.0600. The van der Waals surface area contributed by atoms with Crippen LogP contribution < -0.4 is 5.32 Å². The highest BCUT2D eigenvalue weighted by Crippen LogP contribution is 2.16. The molecule has 0 aliphatic rings. The van der Waals surface area contributed by atoms with Crippen molar-refractivity contribution in [2.45, 2.75) is 34.2 Å². The molecular weight excluding hydrogens is 365 g/mol. The van der Waals surface area contributed by atoms with Crippen molar-refractivity contribution in [1.82, 2.24) is 9.78 Å². The number of carbonyl (C=O) groups is 1. The lowest BCUT2D eigenvalue weighted by Gasteiger charge is -2.08. The number of hydrogen-bond donors (Lipinski definition) is 1. The van der Waals surface area contributed by atoms with Gasteiger partial charge in [-0.3, -0.25) is 9.48 Å². The third-order valence-electron chi connectivity index (χ3n) is 3.38. The standard InChI is InChI=1S/C15H18IN3O/c1-9-5-6-13(7-10(9)2)17-14(20)8-19-12(4)15(16)11(3)18-19/h5-7H,8H2,1-4H3,(H,17,20). The summed E-state index contributed by atoms with van der Waals surface area (Å²) in [6, 6.07) is 5.92. The number of halogens is 1. The molecule has 5 heteroatoms. The van der Waals surface area contributed by atoms with Crippen molar-refractivity contribution in [3.63, 3.8) is 0 Å². The summed E-state index contributed by atoms with van der Waals surface area (Å²) in [5.74, 6) is -0.0600. The van der Waals surface area contributed by atoms with E-state index in [1.54, 1.807) is 4.68 Å². The van der Waals surface area contributed by atoms with Gasteiger partial charge in [-0.2, -0.15) is 5.10 Å². The van der Waals surface area contributed by atoms with Crippen LogP contribution in [0.5, 0.6) is 0 Å². The fourth-order valence-electron chi connectivity index (χ4n) is 1.98. The van der Waals surface area contributed by atoms with Gasteiger partial charge >= 0.3 is 0 Å². The molecule has 0 aliphatic heterocycles. The van der Waals surface area contributed by atoms with Crippen molar-refractivity contribution < 1.29 is 4.79 Å². The van der Waals surface area contributed by atoms with E-state index in [4.69, 9.17) is 0 Å². The number of carbonyl (C=O) groups excluding carboxylic acids is 1. The molecule has 1 N–H and O–H groups in total. The van der Waals surface area contributed by atoms with Crippen molar-refractivity contribution in [3.05, 3.63) is 44.3 Å². The van der Waals surface area contributed by atoms with Gasteiger partial charge in [0.15, 0.2) is 0 Å². The zero-order chi connectivity index (χ0) is 14.9. The lowest BCUT2D eigenvalue weighted by molar-refractivity contribution is -0.116. The zero-order valence-corrected chi connectivity index (χ0v) is 14.3. The van der Waals surface area contributed by atoms with Crippen LogP contribution in [0, 0.1) is 31.3 Å². The lowest BCUT2D eigenvalue weighted by atomic mass is 10.1. The fraction of sp³-hybridized carbons (Fsp3) is 0.333. The van der Waals surface area contributed by atoms with Gasteiger partial charge < -0.3 is 5.32 Å². The fourth-order valence-corrected chi connectivity index (χ4v) is 2.37. The Kier molecular flexibility index (Phi) is 4.47. The Morgan fingerprint density at radius 3 is 2.50 bits per heavy atom. The molecule has 0 fully saturated rings. The maximum atomic E-state index is 12.1. The van der Waals surface area contributed by atoms with Gasteiger partial charge in [0.1, 0.15) is 6.54 Å². The molecule has 1 aromatic carbocycles. The molecule has 1 heterocycles. The van der Waals surface area contributed by atoms with Crippen LogP contribution >= 0.6 is 22.6 Å². The van der Waals surface area contributed by atoms with Crippen LogP contribution in [0.4, 0.5) is 5.69 Å². The first-order valence-electron chi connectivity index (χ1n) is 6.45. The molecule has 0 radical (unpaired) electrons. The number of anilines is 1. The van der Waals surface area contributed by atoms with E-state index in [1.165, 1.54) is 11.1 Å². The Hall–Kier alpha value is -1.37. The van der Waals surface area contributed by atoms with Crippen LogP contribution in [0.2, 0.25) is 0 Å². The summed E-state index contributed by atoms with van der Waals surface area (Å²) >= 11 is 2.25. The van der Waals surface area contributed by atoms with E-state index in [0.717, 1.165) is 20.6 Å². The average molecular weight is 383 g/mol. The molecule has 0 atom stereocenters. The van der Waals surface area contributed by atoms with Crippen molar-refractivity contribution in [2.75, 3.05) is 5.32 Å². The summed E-state index contributed by atoms with van der Waals surface area (Å²) in [5, 5.41) is 7.28. The molecule has 2 aromatic rings. The number of nitrogens with zero attached hydrogens (tertiary/aromatic N) is 2. The van der Waals surface area contributed by atoms with Gasteiger partial charge in [0.25, 0.3) is 0 Å². The highest BCUT2D eigenvalue weighted by atomic mass is 127. The van der Waals surface area contributed by atoms with Crippen LogP contribution in [0.25, 0.3) is 0 Å². The first kappa shape index (κ1) is 15.0. The summed E-state index contributed by atoms with van der Waals surface area (Å²) in [4.78, 5) is 12.1. The second-order valence-corrected chi connectivity index (χ2v) is 6.07. The van der Waals surface area contributed by atoms with Crippen molar-refractivity contribution in [2.24, 2.45) is 0 Å². The van der Waals surface area contributed by atoms with Crippen LogP contribution in [-0.2, 0) is 11.3 Å². The highest BCUT2D eigenvalue weighted by molar-refractivity contribution is 14.1. The maximum Gasteiger partial charge on any atom is 0.246 e. The predicted molar refractivity (Wildman–Crippen MR) is 89.0 cm³/mol. The molecular formula is C15H18IN3O. The summed E-state index contributed by atoms with van der Waals surface area (Å²) in [6.45, 7) is 8.26. The summed E-state index contributed by atoms with van der Waals surface area (Å²) < 4.78 is 2.86. The predicted octanol–water partition coefficient (Wildman–Crippen LogP) is 3.36. The number of amides is 1. The molecule has 1 aromatic heterocycles. The minimum absolute atomic E-state index is 0.0600. The van der Waals surface area contributed by atoms with E-state index in [9.17, 15) is 4.79 Å². The zero-order valence-electron chi connectivity index (χ0n) is 12.1. The average Bonchev–Trinajstić information content (AvgIpc) is 2.61. The number of aromatic nitrogens is 2. The van der Waals surface area contributed by atoms with E-state index < -0.39 is 0 Å². The summed E-state index contributed by atoms with van der Waals surface area (Å²) in [5.41, 5.74) is 5.20. The second-order valence-electron chi connectivity index (χ2n) is 4.99. The van der Waals surface area contributed by atoms with Gasteiger partial charge in [-0.05, 0) is 73.5 Å². The number of nitrogens with one attached hydrogen (secondary N) is 1. The molecule has 1 amide bonds. The van der Waals surface area contributed by atoms with E-state index in [2.05, 4.69) is 39.9 Å². The van der Waals surface area contributed by atoms with Gasteiger partial charge in [-0.1, -0.05) is 6.07 Å². The van der Waals surface area contributed by atoms with Gasteiger partial charge in [0, 0.05) is 11.4 Å². The number of benzene rings is 1. The van der Waals surface area contributed by atoms with Gasteiger partial charge in [-0.15, -0.1) is 0 Å². The van der Waals surface area contributed by atoms with Crippen LogP contribution in [0.1, 0.15) is 22.5 Å². The van der Waals surface area contributed by atoms with Crippen LogP contribution in [0.15, 0.2) is 18.2 Å². The molecule has 0 aliphatic carbocycles. The van der Waals surface area contributed by atoms with Crippen molar-refractivity contribution in [3.8, 4) is 0 Å². The third kappa shape index (κ3) is 3.20. The number of aryl methyl sites for hydroxylation is 3. The van der Waals surface area contributed by atoms with E-state index in [0.29, 0.717) is 0 Å². The Balaban J connectivity index is 2.09. The van der Waals surface area contributed by atoms with Gasteiger partial charge in [0.05, 0.1) is 9.26 Å². The quantitative estimate of drug-likeness (QED) is 0.827.